The minimum atomic E-state index is -1.00. The summed E-state index contributed by atoms with van der Waals surface area (Å²) in [5.74, 6) is -1.00. The summed E-state index contributed by atoms with van der Waals surface area (Å²) in [5, 5.41) is 12.1. The number of nitrogens with zero attached hydrogens (tertiary/aromatic N) is 1. The maximum atomic E-state index is 10.7. The number of carboxylic acid groups (broad SMARTS) is 1. The van der Waals surface area contributed by atoms with Gasteiger partial charge in [0.1, 0.15) is 5.69 Å². The quantitative estimate of drug-likeness (QED) is 0.829. The molecule has 2 N–H and O–H groups in total. The van der Waals surface area contributed by atoms with E-state index in [9.17, 15) is 4.79 Å². The van der Waals surface area contributed by atoms with Crippen LogP contribution in [0.1, 0.15) is 29.8 Å². The lowest BCUT2D eigenvalue weighted by atomic mass is 9.95. The highest BCUT2D eigenvalue weighted by Gasteiger charge is 2.40. The first-order valence-electron chi connectivity index (χ1n) is 5.84. The molecule has 0 spiro atoms. The van der Waals surface area contributed by atoms with Gasteiger partial charge in [-0.25, -0.2) is 9.78 Å². The second kappa shape index (κ2) is 4.00. The molecule has 90 valence electrons. The van der Waals surface area contributed by atoms with Gasteiger partial charge in [-0.3, -0.25) is 0 Å². The Labute approximate surface area is 98.8 Å². The lowest BCUT2D eigenvalue weighted by Crippen LogP contribution is -2.30. The number of hydrogen-bond acceptors (Lipinski definition) is 4. The van der Waals surface area contributed by atoms with Crippen molar-refractivity contribution in [3.8, 4) is 0 Å². The van der Waals surface area contributed by atoms with Gasteiger partial charge < -0.3 is 15.2 Å². The van der Waals surface area contributed by atoms with Gasteiger partial charge in [-0.1, -0.05) is 0 Å². The monoisotopic (exact) mass is 234 g/mol. The Morgan fingerprint density at radius 2 is 2.35 bits per heavy atom. The second-order valence-corrected chi connectivity index (χ2v) is 4.60. The largest absolute Gasteiger partial charge is 0.477 e. The molecule has 3 atom stereocenters. The van der Waals surface area contributed by atoms with Crippen LogP contribution in [0.3, 0.4) is 0 Å². The van der Waals surface area contributed by atoms with Crippen molar-refractivity contribution in [2.75, 3.05) is 5.32 Å². The fraction of sp³-hybridized carbons (Fsp3) is 0.500. The van der Waals surface area contributed by atoms with Crippen LogP contribution in [0.25, 0.3) is 0 Å². The minimum Gasteiger partial charge on any atom is -0.477 e. The number of anilines is 1. The highest BCUT2D eigenvalue weighted by Crippen LogP contribution is 2.35. The molecule has 5 nitrogen and oxygen atoms in total. The Hall–Kier alpha value is -1.62. The zero-order valence-corrected chi connectivity index (χ0v) is 9.30. The molecule has 0 saturated carbocycles. The maximum Gasteiger partial charge on any atom is 0.354 e. The van der Waals surface area contributed by atoms with Gasteiger partial charge in [0, 0.05) is 0 Å². The van der Waals surface area contributed by atoms with Gasteiger partial charge in [0.05, 0.1) is 30.1 Å². The second-order valence-electron chi connectivity index (χ2n) is 4.60. The number of hydrogen-bond donors (Lipinski definition) is 2. The van der Waals surface area contributed by atoms with Crippen LogP contribution in [0.5, 0.6) is 0 Å². The van der Waals surface area contributed by atoms with Crippen molar-refractivity contribution in [1.82, 2.24) is 4.98 Å². The molecule has 17 heavy (non-hydrogen) atoms. The van der Waals surface area contributed by atoms with E-state index < -0.39 is 5.97 Å². The molecule has 0 aliphatic carbocycles. The summed E-state index contributed by atoms with van der Waals surface area (Å²) < 4.78 is 5.74. The normalized spacial score (nSPS) is 30.5. The van der Waals surface area contributed by atoms with E-state index in [2.05, 4.69) is 10.3 Å². The van der Waals surface area contributed by atoms with Crippen molar-refractivity contribution in [1.29, 1.82) is 0 Å². The summed E-state index contributed by atoms with van der Waals surface area (Å²) in [6, 6.07) is 3.60. The number of aromatic nitrogens is 1. The van der Waals surface area contributed by atoms with Gasteiger partial charge in [0.15, 0.2) is 0 Å². The van der Waals surface area contributed by atoms with Gasteiger partial charge in [0.2, 0.25) is 0 Å². The van der Waals surface area contributed by atoms with E-state index in [0.29, 0.717) is 18.2 Å². The number of fused-ring (bicyclic) bond motifs is 2. The van der Waals surface area contributed by atoms with Crippen molar-refractivity contribution < 1.29 is 14.6 Å². The van der Waals surface area contributed by atoms with E-state index in [1.807, 2.05) is 0 Å². The first kappa shape index (κ1) is 10.5. The third kappa shape index (κ3) is 1.98. The Morgan fingerprint density at radius 3 is 2.88 bits per heavy atom. The molecule has 2 bridgehead atoms. The predicted molar refractivity (Wildman–Crippen MR) is 61.1 cm³/mol. The molecule has 2 aliphatic rings. The van der Waals surface area contributed by atoms with Crippen LogP contribution in [0.15, 0.2) is 18.3 Å². The molecule has 5 heteroatoms. The molecule has 2 aliphatic heterocycles. The molecule has 1 aromatic rings. The van der Waals surface area contributed by atoms with Gasteiger partial charge in [0.25, 0.3) is 0 Å². The Kier molecular flexibility index (Phi) is 2.48. The van der Waals surface area contributed by atoms with Crippen LogP contribution < -0.4 is 5.32 Å². The van der Waals surface area contributed by atoms with Crippen LogP contribution >= 0.6 is 0 Å². The van der Waals surface area contributed by atoms with Crippen LogP contribution in [-0.4, -0.2) is 34.3 Å². The summed E-state index contributed by atoms with van der Waals surface area (Å²) in [4.78, 5) is 14.5. The zero-order valence-electron chi connectivity index (χ0n) is 9.30. The van der Waals surface area contributed by atoms with Gasteiger partial charge in [-0.05, 0) is 31.4 Å². The van der Waals surface area contributed by atoms with E-state index in [4.69, 9.17) is 9.84 Å². The molecule has 0 radical (unpaired) electrons. The molecule has 2 saturated heterocycles. The third-order valence-electron chi connectivity index (χ3n) is 3.44. The maximum absolute atomic E-state index is 10.7. The van der Waals surface area contributed by atoms with E-state index in [1.165, 1.54) is 12.5 Å². The summed E-state index contributed by atoms with van der Waals surface area (Å²) in [5.41, 5.74) is 0.927. The minimum absolute atomic E-state index is 0.0692. The van der Waals surface area contributed by atoms with Gasteiger partial charge in [-0.2, -0.15) is 0 Å². The summed E-state index contributed by atoms with van der Waals surface area (Å²) in [7, 11) is 0. The molecule has 3 unspecified atom stereocenters. The van der Waals surface area contributed by atoms with Crippen molar-refractivity contribution in [3.05, 3.63) is 24.0 Å². The SMILES string of the molecule is O=C(O)c1ccc(NC2CC3CCC2O3)cn1. The zero-order chi connectivity index (χ0) is 11.8. The fourth-order valence-corrected chi connectivity index (χ4v) is 2.61. The lowest BCUT2D eigenvalue weighted by Gasteiger charge is -2.20. The lowest BCUT2D eigenvalue weighted by molar-refractivity contribution is 0.0690. The Morgan fingerprint density at radius 1 is 1.47 bits per heavy atom. The predicted octanol–water partition coefficient (Wildman–Crippen LogP) is 1.51. The van der Waals surface area contributed by atoms with E-state index in [0.717, 1.165) is 18.5 Å². The van der Waals surface area contributed by atoms with Crippen LogP contribution in [0.4, 0.5) is 5.69 Å². The smallest absolute Gasteiger partial charge is 0.354 e. The topological polar surface area (TPSA) is 71.5 Å². The summed E-state index contributed by atoms with van der Waals surface area (Å²) >= 11 is 0. The van der Waals surface area contributed by atoms with Crippen molar-refractivity contribution in [3.63, 3.8) is 0 Å². The van der Waals surface area contributed by atoms with Crippen LogP contribution in [0, 0.1) is 0 Å². The van der Waals surface area contributed by atoms with Crippen LogP contribution in [-0.2, 0) is 4.74 Å². The number of nitrogens with one attached hydrogen (secondary N) is 1. The van der Waals surface area contributed by atoms with Gasteiger partial charge in [-0.15, -0.1) is 0 Å². The Balaban J connectivity index is 1.67. The van der Waals surface area contributed by atoms with E-state index in [-0.39, 0.29) is 5.69 Å². The molecule has 0 amide bonds. The number of ether oxygens (including phenoxy) is 1. The van der Waals surface area contributed by atoms with Crippen LogP contribution in [0.2, 0.25) is 0 Å². The first-order valence-corrected chi connectivity index (χ1v) is 5.84. The summed E-state index contributed by atoms with van der Waals surface area (Å²) in [6.45, 7) is 0. The van der Waals surface area contributed by atoms with Gasteiger partial charge >= 0.3 is 5.97 Å². The number of pyridine rings is 1. The van der Waals surface area contributed by atoms with E-state index >= 15 is 0 Å². The molecule has 3 heterocycles. The molecule has 3 rings (SSSR count). The standard InChI is InChI=1S/C12H14N2O3/c15-12(16)9-3-1-7(6-13-9)14-10-5-8-2-4-11(10)17-8/h1,3,6,8,10-11,14H,2,4-5H2,(H,15,16). The number of carboxylic acids is 1. The van der Waals surface area contributed by atoms with Crippen molar-refractivity contribution in [2.24, 2.45) is 0 Å². The number of rotatable bonds is 3. The highest BCUT2D eigenvalue weighted by molar-refractivity contribution is 5.85. The molecular formula is C12H14N2O3. The molecular weight excluding hydrogens is 220 g/mol. The molecule has 0 aromatic carbocycles. The fourth-order valence-electron chi connectivity index (χ4n) is 2.61. The number of carbonyl (C=O) groups is 1. The average molecular weight is 234 g/mol. The van der Waals surface area contributed by atoms with Crippen molar-refractivity contribution >= 4 is 11.7 Å². The van der Waals surface area contributed by atoms with E-state index in [1.54, 1.807) is 12.3 Å². The third-order valence-corrected chi connectivity index (χ3v) is 3.44. The Bertz CT molecular complexity index is 432. The molecule has 2 fully saturated rings. The highest BCUT2D eigenvalue weighted by atomic mass is 16.5. The number of aromatic carboxylic acids is 1. The first-order chi connectivity index (χ1) is 8.22. The van der Waals surface area contributed by atoms with Crippen molar-refractivity contribution in [2.45, 2.75) is 37.5 Å². The molecule has 1 aromatic heterocycles. The average Bonchev–Trinajstić information content (AvgIpc) is 2.91. The summed E-state index contributed by atoms with van der Waals surface area (Å²) in [6.07, 6.45) is 5.59.